The number of hydrogen-bond acceptors (Lipinski definition) is 4. The van der Waals surface area contributed by atoms with Crippen LogP contribution in [0.5, 0.6) is 0 Å². The maximum Gasteiger partial charge on any atom is 0.251 e. The van der Waals surface area contributed by atoms with Gasteiger partial charge in [-0.1, -0.05) is 0 Å². The Balaban J connectivity index is 1.42. The Labute approximate surface area is 142 Å². The molecule has 0 radical (unpaired) electrons. The minimum Gasteiger partial charge on any atom is -0.355 e. The molecule has 7 nitrogen and oxygen atoms in total. The average Bonchev–Trinajstić information content (AvgIpc) is 3.29. The second kappa shape index (κ2) is 7.34. The highest BCUT2D eigenvalue weighted by Gasteiger charge is 2.37. The van der Waals surface area contributed by atoms with E-state index in [1.807, 2.05) is 29.6 Å². The van der Waals surface area contributed by atoms with Gasteiger partial charge in [-0.2, -0.15) is 5.10 Å². The molecule has 2 atom stereocenters. The average molecular weight is 334 g/mol. The van der Waals surface area contributed by atoms with Gasteiger partial charge in [0.1, 0.15) is 12.2 Å². The number of hydrogen-bond donors (Lipinski definition) is 1. The number of likely N-dealkylation sites (tertiary alicyclic amines) is 1. The van der Waals surface area contributed by atoms with E-state index in [-0.39, 0.29) is 11.8 Å². The van der Waals surface area contributed by atoms with Crippen molar-refractivity contribution in [3.8, 4) is 0 Å². The summed E-state index contributed by atoms with van der Waals surface area (Å²) in [6.45, 7) is 4.16. The van der Waals surface area contributed by atoms with Crippen LogP contribution in [0.25, 0.3) is 0 Å². The number of aryl methyl sites for hydroxylation is 2. The first-order chi connectivity index (χ1) is 11.5. The maximum atomic E-state index is 12.3. The van der Waals surface area contributed by atoms with E-state index in [4.69, 9.17) is 4.74 Å². The van der Waals surface area contributed by atoms with Crippen LogP contribution in [0.15, 0.2) is 6.07 Å². The van der Waals surface area contributed by atoms with Crippen molar-refractivity contribution in [1.82, 2.24) is 20.0 Å². The van der Waals surface area contributed by atoms with Gasteiger partial charge in [-0.3, -0.25) is 14.3 Å². The third kappa shape index (κ3) is 3.77. The molecule has 0 aromatic carbocycles. The fourth-order valence-electron chi connectivity index (χ4n) is 3.34. The normalized spacial score (nSPS) is 23.7. The van der Waals surface area contributed by atoms with Crippen LogP contribution in [0.1, 0.15) is 37.1 Å². The van der Waals surface area contributed by atoms with Crippen molar-refractivity contribution >= 4 is 11.8 Å². The van der Waals surface area contributed by atoms with E-state index in [2.05, 4.69) is 10.4 Å². The molecule has 132 valence electrons. The summed E-state index contributed by atoms with van der Waals surface area (Å²) < 4.78 is 7.53. The van der Waals surface area contributed by atoms with Crippen molar-refractivity contribution in [2.45, 2.75) is 51.2 Å². The molecule has 3 heterocycles. The zero-order chi connectivity index (χ0) is 17.1. The van der Waals surface area contributed by atoms with Crippen molar-refractivity contribution in [3.05, 3.63) is 17.5 Å². The summed E-state index contributed by atoms with van der Waals surface area (Å²) >= 11 is 0. The van der Waals surface area contributed by atoms with Gasteiger partial charge in [0.2, 0.25) is 5.91 Å². The third-order valence-corrected chi connectivity index (χ3v) is 4.85. The van der Waals surface area contributed by atoms with E-state index in [1.54, 1.807) is 0 Å². The summed E-state index contributed by atoms with van der Waals surface area (Å²) in [5.41, 5.74) is 2.06. The van der Waals surface area contributed by atoms with Crippen LogP contribution >= 0.6 is 0 Å². The molecule has 2 aliphatic heterocycles. The fraction of sp³-hybridized carbons (Fsp3) is 0.706. The first-order valence-corrected chi connectivity index (χ1v) is 8.76. The molecule has 3 rings (SSSR count). The number of nitrogens with zero attached hydrogens (tertiary/aromatic N) is 3. The molecule has 0 bridgehead atoms. The third-order valence-electron chi connectivity index (χ3n) is 4.85. The summed E-state index contributed by atoms with van der Waals surface area (Å²) in [7, 11) is 1.90. The van der Waals surface area contributed by atoms with E-state index < -0.39 is 12.2 Å². The van der Waals surface area contributed by atoms with Crippen LogP contribution in [0.2, 0.25) is 0 Å². The second-order valence-electron chi connectivity index (χ2n) is 6.66. The Morgan fingerprint density at radius 2 is 2.00 bits per heavy atom. The second-order valence-corrected chi connectivity index (χ2v) is 6.66. The lowest BCUT2D eigenvalue weighted by molar-refractivity contribution is -0.145. The summed E-state index contributed by atoms with van der Waals surface area (Å²) in [4.78, 5) is 26.4. The van der Waals surface area contributed by atoms with Crippen molar-refractivity contribution < 1.29 is 14.3 Å². The van der Waals surface area contributed by atoms with E-state index in [0.29, 0.717) is 25.8 Å². The number of rotatable bonds is 5. The minimum absolute atomic E-state index is 0.0479. The number of aromatic nitrogens is 2. The van der Waals surface area contributed by atoms with E-state index in [9.17, 15) is 9.59 Å². The van der Waals surface area contributed by atoms with Crippen LogP contribution < -0.4 is 5.32 Å². The van der Waals surface area contributed by atoms with Crippen LogP contribution in [0.3, 0.4) is 0 Å². The van der Waals surface area contributed by atoms with Gasteiger partial charge in [0, 0.05) is 38.8 Å². The molecule has 0 aliphatic carbocycles. The number of amides is 2. The summed E-state index contributed by atoms with van der Waals surface area (Å²) in [5, 5.41) is 7.26. The topological polar surface area (TPSA) is 76.5 Å². The molecule has 0 unspecified atom stereocenters. The zero-order valence-electron chi connectivity index (χ0n) is 14.5. The molecule has 2 fully saturated rings. The van der Waals surface area contributed by atoms with Crippen LogP contribution in [-0.2, 0) is 27.8 Å². The number of nitrogens with one attached hydrogen (secondary N) is 1. The zero-order valence-corrected chi connectivity index (χ0v) is 14.5. The molecular formula is C17H26N4O3. The Morgan fingerprint density at radius 1 is 1.29 bits per heavy atom. The maximum absolute atomic E-state index is 12.3. The van der Waals surface area contributed by atoms with E-state index >= 15 is 0 Å². The van der Waals surface area contributed by atoms with Crippen molar-refractivity contribution in [3.63, 3.8) is 0 Å². The summed E-state index contributed by atoms with van der Waals surface area (Å²) in [6, 6.07) is 2.02. The molecule has 2 amide bonds. The molecular weight excluding hydrogens is 308 g/mol. The van der Waals surface area contributed by atoms with Crippen LogP contribution in [0, 0.1) is 6.92 Å². The molecule has 2 aliphatic rings. The van der Waals surface area contributed by atoms with Crippen molar-refractivity contribution in [2.24, 2.45) is 7.05 Å². The predicted molar refractivity (Wildman–Crippen MR) is 88.4 cm³/mol. The lowest BCUT2D eigenvalue weighted by Gasteiger charge is -2.20. The fourth-order valence-corrected chi connectivity index (χ4v) is 3.34. The minimum atomic E-state index is -0.507. The van der Waals surface area contributed by atoms with Gasteiger partial charge in [-0.15, -0.1) is 0 Å². The lowest BCUT2D eigenvalue weighted by Crippen LogP contribution is -2.40. The number of carbonyl (C=O) groups is 2. The first-order valence-electron chi connectivity index (χ1n) is 8.76. The molecule has 1 aromatic rings. The Hall–Kier alpha value is -1.89. The highest BCUT2D eigenvalue weighted by Crippen LogP contribution is 2.23. The van der Waals surface area contributed by atoms with Gasteiger partial charge in [0.25, 0.3) is 5.91 Å². The molecule has 7 heteroatoms. The van der Waals surface area contributed by atoms with Crippen LogP contribution in [0.4, 0.5) is 0 Å². The monoisotopic (exact) mass is 334 g/mol. The predicted octanol–water partition coefficient (Wildman–Crippen LogP) is 0.557. The first kappa shape index (κ1) is 17.0. The molecule has 24 heavy (non-hydrogen) atoms. The van der Waals surface area contributed by atoms with E-state index in [0.717, 1.165) is 37.3 Å². The largest absolute Gasteiger partial charge is 0.355 e. The highest BCUT2D eigenvalue weighted by molar-refractivity contribution is 5.85. The standard InChI is InChI=1S/C17H26N4O3/c1-12-11-13(19-20(12)2)7-8-18-16(22)14-5-6-15(24-14)17(23)21-9-3-4-10-21/h11,14-15H,3-10H2,1-2H3,(H,18,22)/t14-,15+/m0/s1. The molecule has 2 saturated heterocycles. The molecule has 1 aromatic heterocycles. The summed E-state index contributed by atoms with van der Waals surface area (Å²) in [5.74, 6) is -0.0777. The summed E-state index contributed by atoms with van der Waals surface area (Å²) in [6.07, 6.45) is 3.11. The smallest absolute Gasteiger partial charge is 0.251 e. The van der Waals surface area contributed by atoms with Gasteiger partial charge in [-0.25, -0.2) is 0 Å². The van der Waals surface area contributed by atoms with E-state index in [1.165, 1.54) is 0 Å². The van der Waals surface area contributed by atoms with Crippen molar-refractivity contribution in [1.29, 1.82) is 0 Å². The van der Waals surface area contributed by atoms with Gasteiger partial charge in [-0.05, 0) is 38.7 Å². The Morgan fingerprint density at radius 3 is 2.67 bits per heavy atom. The quantitative estimate of drug-likeness (QED) is 0.853. The van der Waals surface area contributed by atoms with Crippen LogP contribution in [-0.4, -0.2) is 58.3 Å². The van der Waals surface area contributed by atoms with Crippen molar-refractivity contribution in [2.75, 3.05) is 19.6 Å². The molecule has 0 spiro atoms. The molecule has 0 saturated carbocycles. The highest BCUT2D eigenvalue weighted by atomic mass is 16.5. The van der Waals surface area contributed by atoms with Gasteiger partial charge in [0.05, 0.1) is 5.69 Å². The SMILES string of the molecule is Cc1cc(CCNC(=O)[C@@H]2CC[C@H](C(=O)N3CCCC3)O2)nn1C. The Kier molecular flexibility index (Phi) is 5.18. The van der Waals surface area contributed by atoms with Gasteiger partial charge >= 0.3 is 0 Å². The molecule has 1 N–H and O–H groups in total. The number of carbonyl (C=O) groups excluding carboxylic acids is 2. The van der Waals surface area contributed by atoms with Gasteiger partial charge in [0.15, 0.2) is 0 Å². The Bertz CT molecular complexity index is 587. The lowest BCUT2D eigenvalue weighted by atomic mass is 10.1. The number of ether oxygens (including phenoxy) is 1. The van der Waals surface area contributed by atoms with Gasteiger partial charge < -0.3 is 15.0 Å².